The summed E-state index contributed by atoms with van der Waals surface area (Å²) in [5.74, 6) is -0.355. The largest absolute Gasteiger partial charge is 0.319 e. The molecular weight excluding hydrogens is 360 g/mol. The van der Waals surface area contributed by atoms with E-state index in [0.29, 0.717) is 15.9 Å². The summed E-state index contributed by atoms with van der Waals surface area (Å²) in [4.78, 5) is 31.8. The number of aromatic nitrogens is 2. The van der Waals surface area contributed by atoms with Crippen LogP contribution in [0.2, 0.25) is 0 Å². The van der Waals surface area contributed by atoms with Gasteiger partial charge in [0.15, 0.2) is 4.80 Å². The number of benzene rings is 2. The van der Waals surface area contributed by atoms with Crippen molar-refractivity contribution in [1.29, 1.82) is 0 Å². The number of aryl methyl sites for hydroxylation is 1. The van der Waals surface area contributed by atoms with Crippen molar-refractivity contribution < 1.29 is 9.72 Å². The van der Waals surface area contributed by atoms with Crippen LogP contribution in [-0.2, 0) is 7.05 Å². The monoisotopic (exact) mass is 370 g/mol. The summed E-state index contributed by atoms with van der Waals surface area (Å²) in [6, 6.07) is 9.87. The Morgan fingerprint density at radius 1 is 1.24 bits per heavy atom. The first-order valence-electron chi connectivity index (χ1n) is 7.19. The molecule has 4 aromatic rings. The molecule has 0 N–H and O–H groups in total. The third kappa shape index (κ3) is 2.73. The molecule has 0 aliphatic rings. The topological polar surface area (TPSA) is 90.4 Å². The zero-order valence-electron chi connectivity index (χ0n) is 12.9. The first-order valence-corrected chi connectivity index (χ1v) is 8.89. The Kier molecular flexibility index (Phi) is 3.66. The van der Waals surface area contributed by atoms with Gasteiger partial charge in [-0.25, -0.2) is 4.98 Å². The van der Waals surface area contributed by atoms with Crippen LogP contribution in [0.5, 0.6) is 0 Å². The minimum Gasteiger partial charge on any atom is -0.319 e. The summed E-state index contributed by atoms with van der Waals surface area (Å²) in [6.45, 7) is 0. The van der Waals surface area contributed by atoms with Crippen LogP contribution in [0, 0.1) is 10.1 Å². The Bertz CT molecular complexity index is 1220. The van der Waals surface area contributed by atoms with Crippen molar-refractivity contribution in [2.75, 3.05) is 0 Å². The summed E-state index contributed by atoms with van der Waals surface area (Å²) in [6.07, 6.45) is 0. The van der Waals surface area contributed by atoms with Crippen molar-refractivity contribution in [1.82, 2.24) is 9.55 Å². The van der Waals surface area contributed by atoms with E-state index in [-0.39, 0.29) is 11.6 Å². The predicted molar refractivity (Wildman–Crippen MR) is 97.0 cm³/mol. The quantitative estimate of drug-likeness (QED) is 0.399. The lowest BCUT2D eigenvalue weighted by Crippen LogP contribution is -2.13. The lowest BCUT2D eigenvalue weighted by Gasteiger charge is -1.97. The van der Waals surface area contributed by atoms with Crippen LogP contribution in [0.1, 0.15) is 10.4 Å². The molecule has 2 aromatic carbocycles. The minimum absolute atomic E-state index is 0.00873. The average molecular weight is 370 g/mol. The van der Waals surface area contributed by atoms with Crippen LogP contribution in [0.4, 0.5) is 5.69 Å². The average Bonchev–Trinajstić information content (AvgIpc) is 3.19. The predicted octanol–water partition coefficient (Wildman–Crippen LogP) is 3.50. The zero-order valence-corrected chi connectivity index (χ0v) is 14.5. The van der Waals surface area contributed by atoms with Crippen molar-refractivity contribution >= 4 is 54.7 Å². The number of nitrogens with zero attached hydrogens (tertiary/aromatic N) is 4. The van der Waals surface area contributed by atoms with E-state index in [4.69, 9.17) is 0 Å². The number of non-ortho nitro benzene ring substituents is 1. The number of nitro groups is 1. The first kappa shape index (κ1) is 15.6. The lowest BCUT2D eigenvalue weighted by molar-refractivity contribution is -0.384. The van der Waals surface area contributed by atoms with Crippen LogP contribution in [0.3, 0.4) is 0 Å². The molecule has 7 nitrogen and oxygen atoms in total. The second-order valence-corrected chi connectivity index (χ2v) is 7.20. The van der Waals surface area contributed by atoms with E-state index >= 15 is 0 Å². The molecule has 2 heterocycles. The van der Waals surface area contributed by atoms with Gasteiger partial charge in [0, 0.05) is 24.7 Å². The molecule has 0 unspecified atom stereocenters. The number of thiazole rings is 2. The molecular formula is C16H10N4O3S2. The van der Waals surface area contributed by atoms with Crippen molar-refractivity contribution in [3.8, 4) is 0 Å². The van der Waals surface area contributed by atoms with Crippen molar-refractivity contribution in [2.45, 2.75) is 0 Å². The lowest BCUT2D eigenvalue weighted by atomic mass is 10.2. The highest BCUT2D eigenvalue weighted by Crippen LogP contribution is 2.23. The smallest absolute Gasteiger partial charge is 0.279 e. The van der Waals surface area contributed by atoms with Crippen molar-refractivity contribution in [2.24, 2.45) is 12.0 Å². The fraction of sp³-hybridized carbons (Fsp3) is 0.0625. The van der Waals surface area contributed by atoms with Crippen LogP contribution in [0.25, 0.3) is 20.4 Å². The maximum atomic E-state index is 12.5. The van der Waals surface area contributed by atoms with Crippen LogP contribution >= 0.6 is 22.7 Å². The Morgan fingerprint density at radius 2 is 2.08 bits per heavy atom. The first-order chi connectivity index (χ1) is 12.0. The highest BCUT2D eigenvalue weighted by atomic mass is 32.1. The highest BCUT2D eigenvalue weighted by Gasteiger charge is 2.12. The standard InChI is InChI=1S/C16H10N4O3S2/c1-19-12-7-10(20(22)23)3-5-13(12)25-16(19)18-15(21)9-2-4-11-14(6-9)24-8-17-11/h2-8H,1H3. The van der Waals surface area contributed by atoms with E-state index in [1.807, 2.05) is 0 Å². The molecule has 25 heavy (non-hydrogen) atoms. The molecule has 2 aromatic heterocycles. The normalized spacial score (nSPS) is 12.1. The van der Waals surface area contributed by atoms with Gasteiger partial charge in [0.1, 0.15) is 0 Å². The summed E-state index contributed by atoms with van der Waals surface area (Å²) in [7, 11) is 1.74. The maximum Gasteiger partial charge on any atom is 0.279 e. The Hall–Kier alpha value is -2.91. The molecule has 0 atom stereocenters. The molecule has 0 saturated heterocycles. The van der Waals surface area contributed by atoms with Crippen LogP contribution < -0.4 is 4.80 Å². The third-order valence-electron chi connectivity index (χ3n) is 3.78. The number of carbonyl (C=O) groups is 1. The van der Waals surface area contributed by atoms with Gasteiger partial charge in [-0.3, -0.25) is 14.9 Å². The van der Waals surface area contributed by atoms with Gasteiger partial charge in [-0.05, 0) is 24.3 Å². The number of hydrogen-bond acceptors (Lipinski definition) is 6. The SMILES string of the molecule is Cn1c(=NC(=O)c2ccc3ncsc3c2)sc2ccc([N+](=O)[O-])cc21. The van der Waals surface area contributed by atoms with E-state index in [1.165, 1.54) is 34.8 Å². The molecule has 9 heteroatoms. The summed E-state index contributed by atoms with van der Waals surface area (Å²) >= 11 is 2.78. The van der Waals surface area contributed by atoms with Gasteiger partial charge in [0.25, 0.3) is 11.6 Å². The van der Waals surface area contributed by atoms with Crippen molar-refractivity contribution in [3.05, 3.63) is 62.4 Å². The van der Waals surface area contributed by atoms with E-state index in [0.717, 1.165) is 14.9 Å². The van der Waals surface area contributed by atoms with E-state index in [2.05, 4.69) is 9.98 Å². The molecule has 0 radical (unpaired) electrons. The van der Waals surface area contributed by atoms with E-state index < -0.39 is 4.92 Å². The van der Waals surface area contributed by atoms with Gasteiger partial charge >= 0.3 is 0 Å². The third-order valence-corrected chi connectivity index (χ3v) is 5.68. The number of nitro benzene ring substituents is 1. The summed E-state index contributed by atoms with van der Waals surface area (Å²) in [5, 5.41) is 10.9. The van der Waals surface area contributed by atoms with Gasteiger partial charge in [-0.15, -0.1) is 11.3 Å². The highest BCUT2D eigenvalue weighted by molar-refractivity contribution is 7.17. The Balaban J connectivity index is 1.80. The summed E-state index contributed by atoms with van der Waals surface area (Å²) in [5.41, 5.74) is 3.74. The molecule has 0 saturated carbocycles. The fourth-order valence-electron chi connectivity index (χ4n) is 2.47. The number of rotatable bonds is 2. The van der Waals surface area contributed by atoms with Gasteiger partial charge in [0.05, 0.1) is 30.9 Å². The molecule has 0 aliphatic heterocycles. The summed E-state index contributed by atoms with van der Waals surface area (Å²) < 4.78 is 3.45. The van der Waals surface area contributed by atoms with Crippen LogP contribution in [0.15, 0.2) is 46.9 Å². The molecule has 4 rings (SSSR count). The molecule has 1 amide bonds. The molecule has 0 bridgehead atoms. The molecule has 0 fully saturated rings. The second-order valence-electron chi connectivity index (χ2n) is 5.30. The molecule has 0 spiro atoms. The Labute approximate surface area is 148 Å². The van der Waals surface area contributed by atoms with Crippen molar-refractivity contribution in [3.63, 3.8) is 0 Å². The number of fused-ring (bicyclic) bond motifs is 2. The van der Waals surface area contributed by atoms with Gasteiger partial charge < -0.3 is 4.57 Å². The van der Waals surface area contributed by atoms with E-state index in [9.17, 15) is 14.9 Å². The minimum atomic E-state index is -0.441. The van der Waals surface area contributed by atoms with Gasteiger partial charge in [-0.1, -0.05) is 11.3 Å². The fourth-order valence-corrected chi connectivity index (χ4v) is 4.19. The van der Waals surface area contributed by atoms with Gasteiger partial charge in [-0.2, -0.15) is 4.99 Å². The van der Waals surface area contributed by atoms with E-state index in [1.54, 1.807) is 41.4 Å². The number of hydrogen-bond donors (Lipinski definition) is 0. The zero-order chi connectivity index (χ0) is 17.6. The van der Waals surface area contributed by atoms with Gasteiger partial charge in [0.2, 0.25) is 0 Å². The number of amides is 1. The maximum absolute atomic E-state index is 12.5. The number of carbonyl (C=O) groups excluding carboxylic acids is 1. The van der Waals surface area contributed by atoms with Crippen LogP contribution in [-0.4, -0.2) is 20.4 Å². The molecule has 124 valence electrons. The molecule has 0 aliphatic carbocycles. The Morgan fingerprint density at radius 3 is 2.88 bits per heavy atom. The second kappa shape index (κ2) is 5.87.